The molecule has 0 spiro atoms. The summed E-state index contributed by atoms with van der Waals surface area (Å²) in [5.41, 5.74) is 8.10. The van der Waals surface area contributed by atoms with Gasteiger partial charge in [0, 0.05) is 37.3 Å². The van der Waals surface area contributed by atoms with Crippen LogP contribution >= 0.6 is 0 Å². The van der Waals surface area contributed by atoms with E-state index in [-0.39, 0.29) is 6.10 Å². The number of ether oxygens (including phenoxy) is 1. The Kier molecular flexibility index (Phi) is 3.96. The van der Waals surface area contributed by atoms with Crippen molar-refractivity contribution < 1.29 is 4.74 Å². The van der Waals surface area contributed by atoms with Gasteiger partial charge in [0.25, 0.3) is 0 Å². The van der Waals surface area contributed by atoms with Gasteiger partial charge in [0.05, 0.1) is 18.2 Å². The number of pyridine rings is 1. The van der Waals surface area contributed by atoms with Crippen LogP contribution in [-0.2, 0) is 11.3 Å². The summed E-state index contributed by atoms with van der Waals surface area (Å²) in [6.45, 7) is 5.32. The summed E-state index contributed by atoms with van der Waals surface area (Å²) in [6.07, 6.45) is 2.01. The van der Waals surface area contributed by atoms with E-state index in [1.807, 2.05) is 12.3 Å². The van der Waals surface area contributed by atoms with Crippen LogP contribution in [0.2, 0.25) is 0 Å². The van der Waals surface area contributed by atoms with Gasteiger partial charge in [0.2, 0.25) is 0 Å². The van der Waals surface area contributed by atoms with Crippen molar-refractivity contribution in [1.29, 1.82) is 0 Å². The van der Waals surface area contributed by atoms with Gasteiger partial charge in [-0.1, -0.05) is 24.3 Å². The third kappa shape index (κ3) is 2.68. The molecule has 2 N–H and O–H groups in total. The lowest BCUT2D eigenvalue weighted by Crippen LogP contribution is -2.50. The molecule has 1 aliphatic rings. The number of nitrogens with zero attached hydrogens (tertiary/aromatic N) is 2. The second kappa shape index (κ2) is 5.87. The molecule has 1 aromatic heterocycles. The summed E-state index contributed by atoms with van der Waals surface area (Å²) in [5.74, 6) is 0. The van der Waals surface area contributed by atoms with E-state index in [9.17, 15) is 0 Å². The zero-order valence-electron chi connectivity index (χ0n) is 11.8. The highest BCUT2D eigenvalue weighted by Gasteiger charge is 2.25. The molecule has 0 amide bonds. The summed E-state index contributed by atoms with van der Waals surface area (Å²) >= 11 is 0. The normalized spacial score (nSPS) is 24.1. The summed E-state index contributed by atoms with van der Waals surface area (Å²) in [4.78, 5) is 6.96. The molecule has 2 aromatic rings. The van der Waals surface area contributed by atoms with Crippen molar-refractivity contribution in [3.8, 4) is 0 Å². The van der Waals surface area contributed by atoms with E-state index in [1.165, 1.54) is 10.9 Å². The van der Waals surface area contributed by atoms with Crippen LogP contribution < -0.4 is 5.73 Å². The van der Waals surface area contributed by atoms with Crippen LogP contribution in [0.3, 0.4) is 0 Å². The number of hydrogen-bond donors (Lipinski definition) is 1. The number of fused-ring (bicyclic) bond motifs is 1. The highest BCUT2D eigenvalue weighted by Crippen LogP contribution is 2.20. The first kappa shape index (κ1) is 13.5. The molecule has 2 unspecified atom stereocenters. The molecule has 2 heterocycles. The summed E-state index contributed by atoms with van der Waals surface area (Å²) in [5, 5.41) is 1.20. The topological polar surface area (TPSA) is 51.4 Å². The standard InChI is InChI=1S/C16H21N3O/c1-12-11-20-15(8-17)10-19(12)9-14-5-2-4-13-6-3-7-18-16(13)14/h2-7,12,15H,8-11,17H2,1H3. The van der Waals surface area contributed by atoms with E-state index in [0.29, 0.717) is 12.6 Å². The van der Waals surface area contributed by atoms with E-state index < -0.39 is 0 Å². The first-order chi connectivity index (χ1) is 9.78. The largest absolute Gasteiger partial charge is 0.374 e. The van der Waals surface area contributed by atoms with Crippen molar-refractivity contribution in [3.05, 3.63) is 42.1 Å². The van der Waals surface area contributed by atoms with Crippen LogP contribution in [0.25, 0.3) is 10.9 Å². The number of hydrogen-bond acceptors (Lipinski definition) is 4. The zero-order chi connectivity index (χ0) is 13.9. The van der Waals surface area contributed by atoms with Crippen molar-refractivity contribution in [2.75, 3.05) is 19.7 Å². The quantitative estimate of drug-likeness (QED) is 0.924. The molecule has 0 radical (unpaired) electrons. The van der Waals surface area contributed by atoms with Crippen LogP contribution in [0, 0.1) is 0 Å². The molecule has 106 valence electrons. The third-order valence-corrected chi connectivity index (χ3v) is 3.99. The number of nitrogens with two attached hydrogens (primary N) is 1. The Labute approximate surface area is 119 Å². The lowest BCUT2D eigenvalue weighted by atomic mass is 10.1. The van der Waals surface area contributed by atoms with Crippen LogP contribution in [0.4, 0.5) is 0 Å². The summed E-state index contributed by atoms with van der Waals surface area (Å²) < 4.78 is 5.71. The van der Waals surface area contributed by atoms with Crippen molar-refractivity contribution in [2.45, 2.75) is 25.6 Å². The SMILES string of the molecule is CC1COC(CN)CN1Cc1cccc2cccnc12. The van der Waals surface area contributed by atoms with Gasteiger partial charge in [0.15, 0.2) is 0 Å². The predicted octanol–water partition coefficient (Wildman–Crippen LogP) is 1.78. The first-order valence-corrected chi connectivity index (χ1v) is 7.16. The molecule has 3 rings (SSSR count). The Balaban J connectivity index is 1.85. The molecule has 1 aliphatic heterocycles. The number of benzene rings is 1. The van der Waals surface area contributed by atoms with Crippen LogP contribution in [0.15, 0.2) is 36.5 Å². The van der Waals surface area contributed by atoms with Crippen molar-refractivity contribution in [2.24, 2.45) is 5.73 Å². The highest BCUT2D eigenvalue weighted by atomic mass is 16.5. The number of aromatic nitrogens is 1. The molecule has 1 aromatic carbocycles. The molecule has 0 bridgehead atoms. The van der Waals surface area contributed by atoms with Gasteiger partial charge in [-0.05, 0) is 18.6 Å². The van der Waals surface area contributed by atoms with E-state index in [1.54, 1.807) is 0 Å². The molecule has 1 saturated heterocycles. The average molecular weight is 271 g/mol. The van der Waals surface area contributed by atoms with Gasteiger partial charge < -0.3 is 10.5 Å². The third-order valence-electron chi connectivity index (χ3n) is 3.99. The number of rotatable bonds is 3. The Bertz CT molecular complexity index is 581. The molecular weight excluding hydrogens is 250 g/mol. The smallest absolute Gasteiger partial charge is 0.0824 e. The van der Waals surface area contributed by atoms with Crippen LogP contribution in [0.1, 0.15) is 12.5 Å². The van der Waals surface area contributed by atoms with Crippen LogP contribution in [0.5, 0.6) is 0 Å². The molecule has 4 nitrogen and oxygen atoms in total. The maximum Gasteiger partial charge on any atom is 0.0824 e. The highest BCUT2D eigenvalue weighted by molar-refractivity contribution is 5.81. The van der Waals surface area contributed by atoms with Gasteiger partial charge in [-0.3, -0.25) is 9.88 Å². The van der Waals surface area contributed by atoms with Gasteiger partial charge in [-0.2, -0.15) is 0 Å². The minimum atomic E-state index is 0.147. The van der Waals surface area contributed by atoms with Crippen molar-refractivity contribution in [3.63, 3.8) is 0 Å². The average Bonchev–Trinajstić information content (AvgIpc) is 2.50. The second-order valence-corrected chi connectivity index (χ2v) is 5.46. The van der Waals surface area contributed by atoms with Gasteiger partial charge in [-0.25, -0.2) is 0 Å². The fourth-order valence-corrected chi connectivity index (χ4v) is 2.75. The van der Waals surface area contributed by atoms with E-state index in [2.05, 4.69) is 41.1 Å². The monoisotopic (exact) mass is 271 g/mol. The fourth-order valence-electron chi connectivity index (χ4n) is 2.75. The maximum atomic E-state index is 5.73. The minimum absolute atomic E-state index is 0.147. The zero-order valence-corrected chi connectivity index (χ0v) is 11.8. The predicted molar refractivity (Wildman–Crippen MR) is 80.4 cm³/mol. The Morgan fingerprint density at radius 2 is 2.20 bits per heavy atom. The summed E-state index contributed by atoms with van der Waals surface area (Å²) in [7, 11) is 0. The minimum Gasteiger partial charge on any atom is -0.374 e. The van der Waals surface area contributed by atoms with Crippen LogP contribution in [-0.4, -0.2) is 41.7 Å². The second-order valence-electron chi connectivity index (χ2n) is 5.46. The number of morpholine rings is 1. The van der Waals surface area contributed by atoms with E-state index in [4.69, 9.17) is 10.5 Å². The molecule has 1 fully saturated rings. The Morgan fingerprint density at radius 3 is 3.05 bits per heavy atom. The van der Waals surface area contributed by atoms with Gasteiger partial charge in [0.1, 0.15) is 0 Å². The van der Waals surface area contributed by atoms with E-state index in [0.717, 1.165) is 25.2 Å². The molecule has 2 atom stereocenters. The fraction of sp³-hybridized carbons (Fsp3) is 0.438. The first-order valence-electron chi connectivity index (χ1n) is 7.16. The van der Waals surface area contributed by atoms with Crippen molar-refractivity contribution in [1.82, 2.24) is 9.88 Å². The van der Waals surface area contributed by atoms with Crippen molar-refractivity contribution >= 4 is 10.9 Å². The molecule has 4 heteroatoms. The van der Waals surface area contributed by atoms with E-state index >= 15 is 0 Å². The van der Waals surface area contributed by atoms with Gasteiger partial charge >= 0.3 is 0 Å². The number of para-hydroxylation sites is 1. The molecular formula is C16H21N3O. The molecule has 0 saturated carbocycles. The maximum absolute atomic E-state index is 5.73. The van der Waals surface area contributed by atoms with Gasteiger partial charge in [-0.15, -0.1) is 0 Å². The summed E-state index contributed by atoms with van der Waals surface area (Å²) in [6, 6.07) is 10.9. The lowest BCUT2D eigenvalue weighted by Gasteiger charge is -2.37. The molecule has 0 aliphatic carbocycles. The Morgan fingerprint density at radius 1 is 1.35 bits per heavy atom. The molecule has 20 heavy (non-hydrogen) atoms. The Hall–Kier alpha value is -1.49. The lowest BCUT2D eigenvalue weighted by molar-refractivity contribution is -0.0566.